The molecule has 3 aromatic rings. The van der Waals surface area contributed by atoms with E-state index in [2.05, 4.69) is 15.3 Å². The van der Waals surface area contributed by atoms with Gasteiger partial charge in [0.2, 0.25) is 0 Å². The fourth-order valence-corrected chi connectivity index (χ4v) is 4.13. The number of hydrogen-bond donors (Lipinski definition) is 1. The first-order valence-corrected chi connectivity index (χ1v) is 10.3. The Morgan fingerprint density at radius 2 is 1.91 bits per heavy atom. The molecule has 0 bridgehead atoms. The van der Waals surface area contributed by atoms with E-state index in [0.29, 0.717) is 42.9 Å². The molecule has 0 saturated carbocycles. The summed E-state index contributed by atoms with van der Waals surface area (Å²) in [5.41, 5.74) is 1.30. The second-order valence-electron chi connectivity index (χ2n) is 7.94. The zero-order valence-electron chi connectivity index (χ0n) is 17.3. The highest BCUT2D eigenvalue weighted by molar-refractivity contribution is 5.71. The Morgan fingerprint density at radius 1 is 1.06 bits per heavy atom. The summed E-state index contributed by atoms with van der Waals surface area (Å²) in [7, 11) is 0. The number of nitrogens with one attached hydrogen (secondary N) is 1. The number of nitrogens with zero attached hydrogens (tertiary/aromatic N) is 5. The van der Waals surface area contributed by atoms with E-state index in [-0.39, 0.29) is 17.2 Å². The Morgan fingerprint density at radius 3 is 2.61 bits per heavy atom. The molecular formula is C22H19F3N6O2. The molecule has 0 radical (unpaired) electrons. The monoisotopic (exact) mass is 456 g/mol. The van der Waals surface area contributed by atoms with Gasteiger partial charge in [-0.25, -0.2) is 4.98 Å². The maximum absolute atomic E-state index is 12.6. The summed E-state index contributed by atoms with van der Waals surface area (Å²) in [6.07, 6.45) is 3.74. The Balaban J connectivity index is 1.22. The molecule has 170 valence electrons. The molecule has 5 rings (SSSR count). The van der Waals surface area contributed by atoms with E-state index in [1.54, 1.807) is 15.2 Å². The van der Waals surface area contributed by atoms with Crippen molar-refractivity contribution in [3.63, 3.8) is 0 Å². The maximum atomic E-state index is 12.6. The summed E-state index contributed by atoms with van der Waals surface area (Å²) in [5, 5.41) is 3.17. The largest absolute Gasteiger partial charge is 0.433 e. The topological polar surface area (TPSA) is 85.0 Å². The zero-order chi connectivity index (χ0) is 23.2. The molecule has 0 fully saturated rings. The van der Waals surface area contributed by atoms with Crippen LogP contribution in [-0.4, -0.2) is 37.1 Å². The number of rotatable bonds is 5. The SMILES string of the molecule is O=c1ccc2ncc(=O)n3c2n1C[C@@H]3CN1C=CC(NCc2ccc(C(F)(F)F)nc2)=CC1. The number of pyridine rings is 2. The molecule has 11 heteroatoms. The second kappa shape index (κ2) is 7.91. The van der Waals surface area contributed by atoms with E-state index < -0.39 is 11.9 Å². The highest BCUT2D eigenvalue weighted by Crippen LogP contribution is 2.27. The van der Waals surface area contributed by atoms with Crippen LogP contribution in [0.4, 0.5) is 13.2 Å². The molecule has 0 amide bonds. The van der Waals surface area contributed by atoms with Crippen molar-refractivity contribution in [1.29, 1.82) is 0 Å². The van der Waals surface area contributed by atoms with E-state index in [4.69, 9.17) is 0 Å². The summed E-state index contributed by atoms with van der Waals surface area (Å²) < 4.78 is 41.1. The molecule has 2 aliphatic rings. The van der Waals surface area contributed by atoms with Crippen molar-refractivity contribution in [2.24, 2.45) is 0 Å². The van der Waals surface area contributed by atoms with Gasteiger partial charge >= 0.3 is 6.18 Å². The molecule has 8 nitrogen and oxygen atoms in total. The van der Waals surface area contributed by atoms with Crippen molar-refractivity contribution in [1.82, 2.24) is 29.3 Å². The van der Waals surface area contributed by atoms with Crippen LogP contribution >= 0.6 is 0 Å². The lowest BCUT2D eigenvalue weighted by molar-refractivity contribution is -0.141. The molecule has 33 heavy (non-hydrogen) atoms. The maximum Gasteiger partial charge on any atom is 0.433 e. The van der Waals surface area contributed by atoms with Crippen LogP contribution < -0.4 is 16.4 Å². The lowest BCUT2D eigenvalue weighted by Gasteiger charge is -2.26. The summed E-state index contributed by atoms with van der Waals surface area (Å²) in [4.78, 5) is 34.4. The average Bonchev–Trinajstić information content (AvgIpc) is 3.18. The predicted molar refractivity (Wildman–Crippen MR) is 114 cm³/mol. The van der Waals surface area contributed by atoms with E-state index in [1.165, 1.54) is 24.5 Å². The summed E-state index contributed by atoms with van der Waals surface area (Å²) in [5.74, 6) is 0. The van der Waals surface area contributed by atoms with Crippen LogP contribution in [0.25, 0.3) is 11.2 Å². The van der Waals surface area contributed by atoms with Crippen LogP contribution in [0.5, 0.6) is 0 Å². The normalized spacial score (nSPS) is 17.5. The third-order valence-electron chi connectivity index (χ3n) is 5.74. The molecule has 0 spiro atoms. The van der Waals surface area contributed by atoms with E-state index in [0.717, 1.165) is 11.8 Å². The van der Waals surface area contributed by atoms with Gasteiger partial charge in [0.15, 0.2) is 0 Å². The standard InChI is InChI=1S/C22H19F3N6O2/c23-22(24,25)18-3-1-14(10-28-18)9-26-15-5-7-29(8-6-15)12-16-13-30-19(32)4-2-17-21(30)31(16)20(33)11-27-17/h1-7,10-11,16,26H,8-9,12-13H2/t16-/m0/s1. The van der Waals surface area contributed by atoms with E-state index >= 15 is 0 Å². The first kappa shape index (κ1) is 21.0. The van der Waals surface area contributed by atoms with Gasteiger partial charge in [-0.2, -0.15) is 13.2 Å². The number of aromatic nitrogens is 4. The molecule has 0 unspecified atom stereocenters. The minimum Gasteiger partial charge on any atom is -0.381 e. The Labute approximate surface area is 185 Å². The van der Waals surface area contributed by atoms with Gasteiger partial charge in [-0.1, -0.05) is 6.07 Å². The minimum atomic E-state index is -4.45. The van der Waals surface area contributed by atoms with Crippen molar-refractivity contribution >= 4 is 11.2 Å². The van der Waals surface area contributed by atoms with Gasteiger partial charge in [-0.15, -0.1) is 0 Å². The van der Waals surface area contributed by atoms with Crippen LogP contribution in [-0.2, 0) is 19.3 Å². The smallest absolute Gasteiger partial charge is 0.381 e. The third kappa shape index (κ3) is 4.01. The Bertz CT molecular complexity index is 1380. The fourth-order valence-electron chi connectivity index (χ4n) is 4.13. The number of alkyl halides is 3. The van der Waals surface area contributed by atoms with E-state index in [9.17, 15) is 22.8 Å². The van der Waals surface area contributed by atoms with Gasteiger partial charge in [0.25, 0.3) is 11.1 Å². The van der Waals surface area contributed by atoms with Gasteiger partial charge in [0.05, 0.1) is 18.8 Å². The first-order chi connectivity index (χ1) is 15.8. The van der Waals surface area contributed by atoms with Gasteiger partial charge in [0.1, 0.15) is 16.9 Å². The van der Waals surface area contributed by atoms with Crippen molar-refractivity contribution in [2.75, 3.05) is 13.1 Å². The molecule has 2 aliphatic heterocycles. The quantitative estimate of drug-likeness (QED) is 0.633. The van der Waals surface area contributed by atoms with Crippen molar-refractivity contribution in [3.8, 4) is 0 Å². The van der Waals surface area contributed by atoms with Crippen LogP contribution in [0.3, 0.4) is 0 Å². The predicted octanol–water partition coefficient (Wildman–Crippen LogP) is 2.03. The van der Waals surface area contributed by atoms with Crippen molar-refractivity contribution < 1.29 is 13.2 Å². The molecule has 0 saturated heterocycles. The summed E-state index contributed by atoms with van der Waals surface area (Å²) >= 11 is 0. The molecule has 3 aromatic heterocycles. The summed E-state index contributed by atoms with van der Waals surface area (Å²) in [6, 6.07) is 5.24. The van der Waals surface area contributed by atoms with Gasteiger partial charge in [0, 0.05) is 43.8 Å². The molecular weight excluding hydrogens is 437 g/mol. The number of hydrogen-bond acceptors (Lipinski definition) is 6. The van der Waals surface area contributed by atoms with Gasteiger partial charge < -0.3 is 10.2 Å². The lowest BCUT2D eigenvalue weighted by atomic mass is 10.2. The third-order valence-corrected chi connectivity index (χ3v) is 5.74. The minimum absolute atomic E-state index is 0.163. The van der Waals surface area contributed by atoms with Crippen LogP contribution in [0.2, 0.25) is 0 Å². The lowest BCUT2D eigenvalue weighted by Crippen LogP contribution is -2.33. The Hall–Kier alpha value is -3.89. The molecule has 1 atom stereocenters. The molecule has 0 aliphatic carbocycles. The second-order valence-corrected chi connectivity index (χ2v) is 7.94. The molecule has 0 aromatic carbocycles. The summed E-state index contributed by atoms with van der Waals surface area (Å²) in [6.45, 7) is 1.85. The highest BCUT2D eigenvalue weighted by Gasteiger charge is 2.32. The zero-order valence-corrected chi connectivity index (χ0v) is 17.3. The van der Waals surface area contributed by atoms with Crippen molar-refractivity contribution in [2.45, 2.75) is 25.3 Å². The fraction of sp³-hybridized carbons (Fsp3) is 0.273. The highest BCUT2D eigenvalue weighted by atomic mass is 19.4. The number of halogens is 3. The first-order valence-electron chi connectivity index (χ1n) is 10.3. The Kier molecular flexibility index (Phi) is 5.03. The van der Waals surface area contributed by atoms with Crippen molar-refractivity contribution in [3.05, 3.63) is 92.7 Å². The molecule has 5 heterocycles. The van der Waals surface area contributed by atoms with Crippen LogP contribution in [0, 0.1) is 0 Å². The van der Waals surface area contributed by atoms with E-state index in [1.807, 2.05) is 23.3 Å². The van der Waals surface area contributed by atoms with Gasteiger partial charge in [-0.05, 0) is 29.8 Å². The average molecular weight is 456 g/mol. The van der Waals surface area contributed by atoms with Crippen LogP contribution in [0.1, 0.15) is 17.3 Å². The number of allylic oxidation sites excluding steroid dienone is 1. The van der Waals surface area contributed by atoms with Crippen LogP contribution in [0.15, 0.2) is 70.3 Å². The van der Waals surface area contributed by atoms with Gasteiger partial charge in [-0.3, -0.25) is 23.7 Å². The molecule has 1 N–H and O–H groups in total.